The normalized spacial score (nSPS) is 9.72. The standard InChI is InChI=1S/C9H10ClNO6S/c1-3-14-8(12)16-5-6(18-7(10)11-5)17-9(13)15-4-2/h3-4H2,1-2H3. The van der Waals surface area contributed by atoms with Crippen LogP contribution in [0.4, 0.5) is 9.59 Å². The number of carbonyl (C=O) groups is 2. The summed E-state index contributed by atoms with van der Waals surface area (Å²) in [5.41, 5.74) is 0. The maximum absolute atomic E-state index is 11.1. The van der Waals surface area contributed by atoms with E-state index in [2.05, 4.69) is 14.5 Å². The molecule has 0 amide bonds. The second-order valence-corrected chi connectivity index (χ2v) is 4.17. The smallest absolute Gasteiger partial charge is 0.434 e. The summed E-state index contributed by atoms with van der Waals surface area (Å²) in [7, 11) is 0. The molecule has 0 bridgehead atoms. The third-order valence-corrected chi connectivity index (χ3v) is 2.44. The van der Waals surface area contributed by atoms with Crippen LogP contribution in [0.1, 0.15) is 13.8 Å². The number of aromatic nitrogens is 1. The van der Waals surface area contributed by atoms with Gasteiger partial charge < -0.3 is 18.9 Å². The van der Waals surface area contributed by atoms with E-state index in [0.29, 0.717) is 0 Å². The minimum absolute atomic E-state index is 0.0496. The van der Waals surface area contributed by atoms with E-state index >= 15 is 0 Å². The first kappa shape index (κ1) is 14.5. The van der Waals surface area contributed by atoms with E-state index in [4.69, 9.17) is 21.1 Å². The lowest BCUT2D eigenvalue weighted by molar-refractivity contribution is 0.0939. The second-order valence-electron chi connectivity index (χ2n) is 2.63. The molecule has 0 aliphatic rings. The largest absolute Gasteiger partial charge is 0.515 e. The summed E-state index contributed by atoms with van der Waals surface area (Å²) in [5, 5.41) is -0.0773. The van der Waals surface area contributed by atoms with Crippen LogP contribution in [0.3, 0.4) is 0 Å². The van der Waals surface area contributed by atoms with Gasteiger partial charge in [-0.25, -0.2) is 9.59 Å². The van der Waals surface area contributed by atoms with Gasteiger partial charge in [0.2, 0.25) is 0 Å². The molecule has 100 valence electrons. The van der Waals surface area contributed by atoms with Gasteiger partial charge in [0.1, 0.15) is 0 Å². The SMILES string of the molecule is CCOC(=O)Oc1nc(Cl)sc1OC(=O)OCC. The van der Waals surface area contributed by atoms with E-state index in [9.17, 15) is 9.59 Å². The van der Waals surface area contributed by atoms with Crippen LogP contribution >= 0.6 is 22.9 Å². The van der Waals surface area contributed by atoms with E-state index in [1.165, 1.54) is 0 Å². The summed E-state index contributed by atoms with van der Waals surface area (Å²) in [6.07, 6.45) is -1.90. The van der Waals surface area contributed by atoms with Gasteiger partial charge in [-0.3, -0.25) is 0 Å². The topological polar surface area (TPSA) is 84.0 Å². The predicted molar refractivity (Wildman–Crippen MR) is 62.4 cm³/mol. The van der Waals surface area contributed by atoms with Gasteiger partial charge in [0.05, 0.1) is 13.2 Å². The molecule has 0 N–H and O–H groups in total. The average Bonchev–Trinajstić information content (AvgIpc) is 2.59. The van der Waals surface area contributed by atoms with Gasteiger partial charge in [-0.05, 0) is 13.8 Å². The van der Waals surface area contributed by atoms with Gasteiger partial charge in [-0.2, -0.15) is 4.98 Å². The van der Waals surface area contributed by atoms with Crippen molar-refractivity contribution >= 4 is 35.2 Å². The van der Waals surface area contributed by atoms with E-state index in [1.807, 2.05) is 0 Å². The third kappa shape index (κ3) is 4.38. The average molecular weight is 296 g/mol. The molecule has 0 aromatic carbocycles. The van der Waals surface area contributed by atoms with Crippen molar-refractivity contribution in [1.29, 1.82) is 0 Å². The molecule has 0 atom stereocenters. The molecule has 1 rings (SSSR count). The zero-order chi connectivity index (χ0) is 13.5. The predicted octanol–water partition coefficient (Wildman–Crippen LogP) is 2.87. The fourth-order valence-electron chi connectivity index (χ4n) is 0.847. The zero-order valence-corrected chi connectivity index (χ0v) is 11.2. The van der Waals surface area contributed by atoms with Crippen LogP contribution in [0.5, 0.6) is 10.9 Å². The summed E-state index contributed by atoms with van der Waals surface area (Å²) in [6, 6.07) is 0. The first-order valence-corrected chi connectivity index (χ1v) is 6.11. The minimum atomic E-state index is -0.965. The summed E-state index contributed by atoms with van der Waals surface area (Å²) in [5.74, 6) is -0.239. The number of hydrogen-bond acceptors (Lipinski definition) is 8. The Morgan fingerprint density at radius 2 is 1.72 bits per heavy atom. The van der Waals surface area contributed by atoms with Crippen molar-refractivity contribution in [3.05, 3.63) is 4.47 Å². The van der Waals surface area contributed by atoms with Crippen molar-refractivity contribution in [2.24, 2.45) is 0 Å². The minimum Gasteiger partial charge on any atom is -0.434 e. The molecule has 1 aromatic rings. The lowest BCUT2D eigenvalue weighted by Crippen LogP contribution is -2.13. The molecule has 18 heavy (non-hydrogen) atoms. The van der Waals surface area contributed by atoms with Gasteiger partial charge in [0.25, 0.3) is 10.9 Å². The maximum Gasteiger partial charge on any atom is 0.515 e. The summed E-state index contributed by atoms with van der Waals surface area (Å²) < 4.78 is 18.6. The summed E-state index contributed by atoms with van der Waals surface area (Å²) in [4.78, 5) is 25.9. The highest BCUT2D eigenvalue weighted by atomic mass is 35.5. The van der Waals surface area contributed by atoms with Gasteiger partial charge >= 0.3 is 12.3 Å². The Labute approximate surface area is 112 Å². The van der Waals surface area contributed by atoms with Crippen molar-refractivity contribution in [1.82, 2.24) is 4.98 Å². The van der Waals surface area contributed by atoms with E-state index in [1.54, 1.807) is 13.8 Å². The van der Waals surface area contributed by atoms with E-state index in [-0.39, 0.29) is 28.6 Å². The molecule has 0 aliphatic carbocycles. The van der Waals surface area contributed by atoms with Crippen LogP contribution in [-0.4, -0.2) is 30.5 Å². The number of nitrogens with zero attached hydrogens (tertiary/aromatic N) is 1. The second kappa shape index (κ2) is 7.02. The number of rotatable bonds is 4. The number of halogens is 1. The van der Waals surface area contributed by atoms with Crippen LogP contribution in [0.25, 0.3) is 0 Å². The van der Waals surface area contributed by atoms with Crippen LogP contribution < -0.4 is 9.47 Å². The Bertz CT molecular complexity index is 397. The molecule has 0 saturated carbocycles. The Kier molecular flexibility index (Phi) is 5.66. The first-order chi connectivity index (χ1) is 8.56. The number of carbonyl (C=O) groups excluding carboxylic acids is 2. The molecule has 9 heteroatoms. The molecular formula is C9H10ClNO6S. The van der Waals surface area contributed by atoms with Crippen molar-refractivity contribution in [3.63, 3.8) is 0 Å². The molecule has 0 saturated heterocycles. The van der Waals surface area contributed by atoms with Crippen molar-refractivity contribution < 1.29 is 28.5 Å². The quantitative estimate of drug-likeness (QED) is 0.790. The molecule has 0 aliphatic heterocycles. The lowest BCUT2D eigenvalue weighted by atomic mass is 10.8. The molecule has 0 radical (unpaired) electrons. The molecule has 0 fully saturated rings. The molecule has 7 nitrogen and oxygen atoms in total. The van der Waals surface area contributed by atoms with Crippen molar-refractivity contribution in [2.45, 2.75) is 13.8 Å². The molecule has 1 aromatic heterocycles. The highest BCUT2D eigenvalue weighted by Crippen LogP contribution is 2.36. The van der Waals surface area contributed by atoms with E-state index in [0.717, 1.165) is 11.3 Å². The monoisotopic (exact) mass is 295 g/mol. The third-order valence-electron chi connectivity index (χ3n) is 1.42. The Hall–Kier alpha value is -1.54. The fraction of sp³-hybridized carbons (Fsp3) is 0.444. The van der Waals surface area contributed by atoms with Gasteiger partial charge in [-0.15, -0.1) is 0 Å². The highest BCUT2D eigenvalue weighted by molar-refractivity contribution is 7.17. The molecule has 0 unspecified atom stereocenters. The van der Waals surface area contributed by atoms with Crippen molar-refractivity contribution in [3.8, 4) is 10.9 Å². The molecular weight excluding hydrogens is 286 g/mol. The lowest BCUT2D eigenvalue weighted by Gasteiger charge is -2.04. The first-order valence-electron chi connectivity index (χ1n) is 4.92. The number of ether oxygens (including phenoxy) is 4. The Balaban J connectivity index is 2.73. The highest BCUT2D eigenvalue weighted by Gasteiger charge is 2.20. The summed E-state index contributed by atoms with van der Waals surface area (Å²) in [6.45, 7) is 3.53. The van der Waals surface area contributed by atoms with Crippen LogP contribution in [0, 0.1) is 0 Å². The fourth-order valence-corrected chi connectivity index (χ4v) is 1.70. The van der Waals surface area contributed by atoms with Crippen LogP contribution in [0.15, 0.2) is 0 Å². The zero-order valence-electron chi connectivity index (χ0n) is 9.60. The van der Waals surface area contributed by atoms with Crippen LogP contribution in [0.2, 0.25) is 4.47 Å². The van der Waals surface area contributed by atoms with Gasteiger partial charge in [0.15, 0.2) is 4.47 Å². The Morgan fingerprint density at radius 3 is 2.28 bits per heavy atom. The molecule has 0 spiro atoms. The Morgan fingerprint density at radius 1 is 1.17 bits per heavy atom. The van der Waals surface area contributed by atoms with Crippen molar-refractivity contribution in [2.75, 3.05) is 13.2 Å². The number of thiazole rings is 1. The maximum atomic E-state index is 11.1. The molecule has 1 heterocycles. The number of hydrogen-bond donors (Lipinski definition) is 0. The summed E-state index contributed by atoms with van der Waals surface area (Å²) >= 11 is 6.46. The van der Waals surface area contributed by atoms with Gasteiger partial charge in [0, 0.05) is 0 Å². The van der Waals surface area contributed by atoms with Crippen LogP contribution in [-0.2, 0) is 9.47 Å². The van der Waals surface area contributed by atoms with E-state index < -0.39 is 12.3 Å². The van der Waals surface area contributed by atoms with Gasteiger partial charge in [-0.1, -0.05) is 22.9 Å².